The third-order valence-electron chi connectivity index (χ3n) is 2.18. The Labute approximate surface area is 114 Å². The molecule has 1 rings (SSSR count). The zero-order valence-corrected chi connectivity index (χ0v) is 11.4. The SMILES string of the molecule is CSCCCC(=O)Nc1ccc(Cl)c([N+](=O)[O-])c1. The van der Waals surface area contributed by atoms with Crippen molar-refractivity contribution in [2.75, 3.05) is 17.3 Å². The van der Waals surface area contributed by atoms with Crippen LogP contribution in [0.2, 0.25) is 5.02 Å². The molecular formula is C11H13ClN2O3S. The standard InChI is InChI=1S/C11H13ClN2O3S/c1-18-6-2-3-11(15)13-8-4-5-9(12)10(7-8)14(16)17/h4-5,7H,2-3,6H2,1H3,(H,13,15). The van der Waals surface area contributed by atoms with Gasteiger partial charge in [-0.05, 0) is 30.6 Å². The van der Waals surface area contributed by atoms with Crippen molar-refractivity contribution in [3.63, 3.8) is 0 Å². The number of halogens is 1. The van der Waals surface area contributed by atoms with Crippen molar-refractivity contribution in [1.29, 1.82) is 0 Å². The predicted octanol–water partition coefficient (Wildman–Crippen LogP) is 3.33. The molecule has 18 heavy (non-hydrogen) atoms. The molecule has 0 aliphatic carbocycles. The molecule has 0 spiro atoms. The van der Waals surface area contributed by atoms with E-state index < -0.39 is 4.92 Å². The number of nitro benzene ring substituents is 1. The Morgan fingerprint density at radius 2 is 2.28 bits per heavy atom. The minimum absolute atomic E-state index is 0.0559. The first-order valence-electron chi connectivity index (χ1n) is 5.27. The van der Waals surface area contributed by atoms with Crippen molar-refractivity contribution in [3.05, 3.63) is 33.3 Å². The van der Waals surface area contributed by atoms with E-state index >= 15 is 0 Å². The average Bonchev–Trinajstić information content (AvgIpc) is 2.31. The number of nitrogens with zero attached hydrogens (tertiary/aromatic N) is 1. The van der Waals surface area contributed by atoms with Crippen LogP contribution in [0.15, 0.2) is 18.2 Å². The van der Waals surface area contributed by atoms with E-state index in [-0.39, 0.29) is 16.6 Å². The second-order valence-corrected chi connectivity index (χ2v) is 4.96. The Kier molecular flexibility index (Phi) is 5.94. The molecule has 0 radical (unpaired) electrons. The minimum Gasteiger partial charge on any atom is -0.326 e. The molecule has 0 heterocycles. The van der Waals surface area contributed by atoms with Crippen LogP contribution in [0.4, 0.5) is 11.4 Å². The van der Waals surface area contributed by atoms with Gasteiger partial charge in [0.1, 0.15) is 5.02 Å². The zero-order valence-electron chi connectivity index (χ0n) is 9.81. The summed E-state index contributed by atoms with van der Waals surface area (Å²) in [6.07, 6.45) is 3.15. The molecule has 1 amide bonds. The third kappa shape index (κ3) is 4.54. The summed E-state index contributed by atoms with van der Waals surface area (Å²) in [5, 5.41) is 13.3. The summed E-state index contributed by atoms with van der Waals surface area (Å²) in [6, 6.07) is 4.20. The summed E-state index contributed by atoms with van der Waals surface area (Å²) in [6.45, 7) is 0. The summed E-state index contributed by atoms with van der Waals surface area (Å²) in [5.74, 6) is 0.759. The van der Waals surface area contributed by atoms with Gasteiger partial charge < -0.3 is 5.32 Å². The van der Waals surface area contributed by atoms with Crippen LogP contribution in [0.5, 0.6) is 0 Å². The predicted molar refractivity (Wildman–Crippen MR) is 74.4 cm³/mol. The Bertz CT molecular complexity index is 454. The van der Waals surface area contributed by atoms with Crippen LogP contribution in [0.3, 0.4) is 0 Å². The number of nitrogens with one attached hydrogen (secondary N) is 1. The van der Waals surface area contributed by atoms with Gasteiger partial charge in [0, 0.05) is 18.2 Å². The van der Waals surface area contributed by atoms with Crippen molar-refractivity contribution >= 4 is 40.6 Å². The molecule has 0 saturated carbocycles. The van der Waals surface area contributed by atoms with Crippen LogP contribution in [-0.2, 0) is 4.79 Å². The molecule has 1 aromatic rings. The second kappa shape index (κ2) is 7.23. The molecule has 0 fully saturated rings. The lowest BCUT2D eigenvalue weighted by molar-refractivity contribution is -0.384. The van der Waals surface area contributed by atoms with Crippen LogP contribution in [-0.4, -0.2) is 22.8 Å². The van der Waals surface area contributed by atoms with E-state index in [9.17, 15) is 14.9 Å². The molecule has 5 nitrogen and oxygen atoms in total. The number of thioether (sulfide) groups is 1. The number of benzene rings is 1. The number of rotatable bonds is 6. The number of nitro groups is 1. The van der Waals surface area contributed by atoms with Gasteiger partial charge in [0.15, 0.2) is 0 Å². The topological polar surface area (TPSA) is 72.2 Å². The fraction of sp³-hybridized carbons (Fsp3) is 0.364. The first kappa shape index (κ1) is 14.8. The number of hydrogen-bond acceptors (Lipinski definition) is 4. The molecule has 7 heteroatoms. The summed E-state index contributed by atoms with van der Waals surface area (Å²) in [4.78, 5) is 21.6. The third-order valence-corrected chi connectivity index (χ3v) is 3.20. The van der Waals surface area contributed by atoms with E-state index in [2.05, 4.69) is 5.32 Å². The first-order valence-corrected chi connectivity index (χ1v) is 7.04. The Balaban J connectivity index is 2.65. The van der Waals surface area contributed by atoms with Gasteiger partial charge in [0.25, 0.3) is 5.69 Å². The molecule has 0 bridgehead atoms. The number of carbonyl (C=O) groups is 1. The maximum atomic E-state index is 11.5. The summed E-state index contributed by atoms with van der Waals surface area (Å²) < 4.78 is 0. The fourth-order valence-electron chi connectivity index (χ4n) is 1.33. The van der Waals surface area contributed by atoms with E-state index in [1.165, 1.54) is 12.1 Å². The number of carbonyl (C=O) groups excluding carboxylic acids is 1. The smallest absolute Gasteiger partial charge is 0.289 e. The van der Waals surface area contributed by atoms with Crippen molar-refractivity contribution in [2.24, 2.45) is 0 Å². The van der Waals surface area contributed by atoms with E-state index in [0.29, 0.717) is 12.1 Å². The number of anilines is 1. The van der Waals surface area contributed by atoms with E-state index in [4.69, 9.17) is 11.6 Å². The normalized spacial score (nSPS) is 10.1. The highest BCUT2D eigenvalue weighted by Gasteiger charge is 2.13. The minimum atomic E-state index is -0.578. The largest absolute Gasteiger partial charge is 0.326 e. The van der Waals surface area contributed by atoms with Crippen molar-refractivity contribution < 1.29 is 9.72 Å². The lowest BCUT2D eigenvalue weighted by Gasteiger charge is -2.05. The highest BCUT2D eigenvalue weighted by Crippen LogP contribution is 2.27. The van der Waals surface area contributed by atoms with E-state index in [0.717, 1.165) is 12.2 Å². The van der Waals surface area contributed by atoms with Crippen molar-refractivity contribution in [2.45, 2.75) is 12.8 Å². The zero-order chi connectivity index (χ0) is 13.5. The van der Waals surface area contributed by atoms with Crippen LogP contribution in [0.25, 0.3) is 0 Å². The molecule has 98 valence electrons. The van der Waals surface area contributed by atoms with E-state index in [1.807, 2.05) is 6.26 Å². The number of amides is 1. The first-order chi connectivity index (χ1) is 8.54. The maximum Gasteiger partial charge on any atom is 0.289 e. The fourth-order valence-corrected chi connectivity index (χ4v) is 1.95. The highest BCUT2D eigenvalue weighted by atomic mass is 35.5. The summed E-state index contributed by atoms with van der Waals surface area (Å²) >= 11 is 7.34. The molecule has 0 aromatic heterocycles. The Morgan fingerprint density at radius 3 is 2.89 bits per heavy atom. The van der Waals surface area contributed by atoms with Crippen molar-refractivity contribution in [1.82, 2.24) is 0 Å². The highest BCUT2D eigenvalue weighted by molar-refractivity contribution is 7.98. The van der Waals surface area contributed by atoms with Gasteiger partial charge in [0.05, 0.1) is 4.92 Å². The van der Waals surface area contributed by atoms with E-state index in [1.54, 1.807) is 17.8 Å². The molecule has 0 aliphatic rings. The molecule has 1 N–H and O–H groups in total. The molecule has 0 aliphatic heterocycles. The summed E-state index contributed by atoms with van der Waals surface area (Å²) in [5.41, 5.74) is 0.179. The Hall–Kier alpha value is -1.27. The van der Waals surface area contributed by atoms with Crippen LogP contribution >= 0.6 is 23.4 Å². The monoisotopic (exact) mass is 288 g/mol. The van der Waals surface area contributed by atoms with Gasteiger partial charge in [-0.15, -0.1) is 0 Å². The lowest BCUT2D eigenvalue weighted by atomic mass is 10.2. The molecule has 0 saturated heterocycles. The van der Waals surface area contributed by atoms with Crippen LogP contribution in [0, 0.1) is 10.1 Å². The van der Waals surface area contributed by atoms with Gasteiger partial charge in [-0.2, -0.15) is 11.8 Å². The van der Waals surface area contributed by atoms with Crippen LogP contribution < -0.4 is 5.32 Å². The molecule has 0 unspecified atom stereocenters. The van der Waals surface area contributed by atoms with Gasteiger partial charge >= 0.3 is 0 Å². The summed E-state index contributed by atoms with van der Waals surface area (Å²) in [7, 11) is 0. The number of hydrogen-bond donors (Lipinski definition) is 1. The molecular weight excluding hydrogens is 276 g/mol. The van der Waals surface area contributed by atoms with Crippen molar-refractivity contribution in [3.8, 4) is 0 Å². The van der Waals surface area contributed by atoms with Gasteiger partial charge in [-0.25, -0.2) is 0 Å². The average molecular weight is 289 g/mol. The molecule has 1 aromatic carbocycles. The lowest BCUT2D eigenvalue weighted by Crippen LogP contribution is -2.11. The van der Waals surface area contributed by atoms with Gasteiger partial charge in [0.2, 0.25) is 5.91 Å². The maximum absolute atomic E-state index is 11.5. The second-order valence-electron chi connectivity index (χ2n) is 3.57. The Morgan fingerprint density at radius 1 is 1.56 bits per heavy atom. The van der Waals surface area contributed by atoms with Gasteiger partial charge in [-0.3, -0.25) is 14.9 Å². The quantitative estimate of drug-likeness (QED) is 0.495. The van der Waals surface area contributed by atoms with Crippen LogP contribution in [0.1, 0.15) is 12.8 Å². The molecule has 0 atom stereocenters. The van der Waals surface area contributed by atoms with Gasteiger partial charge in [-0.1, -0.05) is 11.6 Å².